The summed E-state index contributed by atoms with van der Waals surface area (Å²) in [6, 6.07) is 0.0199. The summed E-state index contributed by atoms with van der Waals surface area (Å²) in [5.41, 5.74) is 0. The molecule has 2 aliphatic heterocycles. The molecule has 2 saturated heterocycles. The molecule has 2 heterocycles. The van der Waals surface area contributed by atoms with Crippen molar-refractivity contribution in [3.63, 3.8) is 0 Å². The molecule has 0 bridgehead atoms. The van der Waals surface area contributed by atoms with Crippen LogP contribution in [0, 0.1) is 5.92 Å². The van der Waals surface area contributed by atoms with Gasteiger partial charge in [-0.25, -0.2) is 12.7 Å². The molecule has 1 amide bonds. The molecule has 22 heavy (non-hydrogen) atoms. The third-order valence-electron chi connectivity index (χ3n) is 4.94. The van der Waals surface area contributed by atoms with Gasteiger partial charge in [0.2, 0.25) is 15.9 Å². The zero-order valence-corrected chi connectivity index (χ0v) is 14.7. The number of carbonyl (C=O) groups excluding carboxylic acids is 1. The van der Waals surface area contributed by atoms with E-state index in [9.17, 15) is 13.2 Å². The highest BCUT2D eigenvalue weighted by Crippen LogP contribution is 2.23. The first kappa shape index (κ1) is 17.7. The minimum Gasteiger partial charge on any atom is -0.341 e. The Balaban J connectivity index is 1.93. The predicted octanol–water partition coefficient (Wildman–Crippen LogP) is 0.647. The van der Waals surface area contributed by atoms with Gasteiger partial charge in [0.05, 0.1) is 12.3 Å². The number of nitrogens with zero attached hydrogens (tertiary/aromatic N) is 2. The topological polar surface area (TPSA) is 69.7 Å². The molecule has 128 valence electrons. The third-order valence-corrected chi connectivity index (χ3v) is 6.21. The number of sulfonamides is 1. The lowest BCUT2D eigenvalue weighted by atomic mass is 9.90. The van der Waals surface area contributed by atoms with E-state index in [1.54, 1.807) is 4.31 Å². The summed E-state index contributed by atoms with van der Waals surface area (Å²) in [5, 5.41) is 3.46. The Bertz CT molecular complexity index is 488. The summed E-state index contributed by atoms with van der Waals surface area (Å²) in [6.45, 7) is 6.84. The fraction of sp³-hybridized carbons (Fsp3) is 0.933. The molecule has 0 aliphatic carbocycles. The van der Waals surface area contributed by atoms with Gasteiger partial charge in [-0.1, -0.05) is 13.3 Å². The third kappa shape index (κ3) is 4.20. The van der Waals surface area contributed by atoms with Gasteiger partial charge in [-0.3, -0.25) is 4.79 Å². The number of hydrogen-bond donors (Lipinski definition) is 1. The summed E-state index contributed by atoms with van der Waals surface area (Å²) < 4.78 is 25.0. The molecule has 2 aliphatic rings. The molecule has 0 saturated carbocycles. The Morgan fingerprint density at radius 1 is 1.27 bits per heavy atom. The van der Waals surface area contributed by atoms with Crippen molar-refractivity contribution in [3.05, 3.63) is 0 Å². The van der Waals surface area contributed by atoms with Crippen LogP contribution in [-0.4, -0.2) is 68.0 Å². The van der Waals surface area contributed by atoms with Crippen LogP contribution < -0.4 is 5.32 Å². The average Bonchev–Trinajstić information content (AvgIpc) is 2.99. The van der Waals surface area contributed by atoms with Crippen LogP contribution in [0.1, 0.15) is 39.5 Å². The smallest absolute Gasteiger partial charge is 0.239 e. The zero-order valence-electron chi connectivity index (χ0n) is 13.9. The van der Waals surface area contributed by atoms with Crippen molar-refractivity contribution in [1.29, 1.82) is 0 Å². The number of hydrogen-bond acceptors (Lipinski definition) is 4. The number of rotatable bonds is 5. The Hall–Kier alpha value is -0.660. The van der Waals surface area contributed by atoms with Gasteiger partial charge >= 0.3 is 0 Å². The van der Waals surface area contributed by atoms with E-state index in [-0.39, 0.29) is 23.9 Å². The van der Waals surface area contributed by atoms with Crippen LogP contribution in [0.4, 0.5) is 0 Å². The lowest BCUT2D eigenvalue weighted by molar-refractivity contribution is -0.132. The molecule has 2 rings (SSSR count). The Kier molecular flexibility index (Phi) is 5.85. The standard InChI is InChI=1S/C15H29N3O3S/c1-4-13-11-18(22(3,20)21)10-7-14(13)16-12(2)15(19)17-8-5-6-9-17/h12-14,16H,4-11H2,1-3H3. The van der Waals surface area contributed by atoms with Crippen LogP contribution in [-0.2, 0) is 14.8 Å². The van der Waals surface area contributed by atoms with E-state index >= 15 is 0 Å². The maximum atomic E-state index is 12.4. The molecule has 7 heteroatoms. The molecule has 0 aromatic carbocycles. The minimum atomic E-state index is -3.12. The molecule has 3 atom stereocenters. The maximum Gasteiger partial charge on any atom is 0.239 e. The zero-order chi connectivity index (χ0) is 16.3. The highest BCUT2D eigenvalue weighted by Gasteiger charge is 2.34. The quantitative estimate of drug-likeness (QED) is 0.803. The first-order valence-electron chi connectivity index (χ1n) is 8.33. The second-order valence-electron chi connectivity index (χ2n) is 6.61. The largest absolute Gasteiger partial charge is 0.341 e. The van der Waals surface area contributed by atoms with E-state index in [4.69, 9.17) is 0 Å². The Morgan fingerprint density at radius 2 is 1.91 bits per heavy atom. The minimum absolute atomic E-state index is 0.179. The van der Waals surface area contributed by atoms with Crippen molar-refractivity contribution >= 4 is 15.9 Å². The van der Waals surface area contributed by atoms with Gasteiger partial charge in [0.15, 0.2) is 0 Å². The first-order valence-corrected chi connectivity index (χ1v) is 10.2. The number of likely N-dealkylation sites (tertiary alicyclic amines) is 1. The van der Waals surface area contributed by atoms with E-state index in [0.29, 0.717) is 13.1 Å². The summed E-state index contributed by atoms with van der Waals surface area (Å²) in [6.07, 6.45) is 5.15. The molecule has 0 aromatic heterocycles. The molecule has 1 N–H and O–H groups in total. The van der Waals surface area contributed by atoms with Crippen LogP contribution in [0.5, 0.6) is 0 Å². The van der Waals surface area contributed by atoms with Crippen molar-refractivity contribution in [3.8, 4) is 0 Å². The fourth-order valence-corrected chi connectivity index (χ4v) is 4.44. The average molecular weight is 331 g/mol. The second kappa shape index (κ2) is 7.27. The van der Waals surface area contributed by atoms with Crippen LogP contribution >= 0.6 is 0 Å². The molecular formula is C15H29N3O3S. The van der Waals surface area contributed by atoms with E-state index in [1.807, 2.05) is 11.8 Å². The summed E-state index contributed by atoms with van der Waals surface area (Å²) >= 11 is 0. The van der Waals surface area contributed by atoms with Crippen LogP contribution in [0.2, 0.25) is 0 Å². The number of amides is 1. The second-order valence-corrected chi connectivity index (χ2v) is 8.59. The van der Waals surface area contributed by atoms with Gasteiger partial charge in [-0.05, 0) is 32.1 Å². The highest BCUT2D eigenvalue weighted by atomic mass is 32.2. The predicted molar refractivity (Wildman–Crippen MR) is 87.0 cm³/mol. The van der Waals surface area contributed by atoms with Gasteiger partial charge in [-0.15, -0.1) is 0 Å². The number of nitrogens with one attached hydrogen (secondary N) is 1. The van der Waals surface area contributed by atoms with E-state index in [1.165, 1.54) is 6.26 Å². The van der Waals surface area contributed by atoms with Crippen molar-refractivity contribution in [1.82, 2.24) is 14.5 Å². The van der Waals surface area contributed by atoms with Gasteiger partial charge in [0.25, 0.3) is 0 Å². The molecule has 0 radical (unpaired) electrons. The Labute approximate surface area is 134 Å². The maximum absolute atomic E-state index is 12.4. The molecule has 2 fully saturated rings. The SMILES string of the molecule is CCC1CN(S(C)(=O)=O)CCC1NC(C)C(=O)N1CCCC1. The van der Waals surface area contributed by atoms with Crippen molar-refractivity contribution in [2.24, 2.45) is 5.92 Å². The Morgan fingerprint density at radius 3 is 2.45 bits per heavy atom. The van der Waals surface area contributed by atoms with Crippen LogP contribution in [0.25, 0.3) is 0 Å². The van der Waals surface area contributed by atoms with E-state index in [0.717, 1.165) is 38.8 Å². The van der Waals surface area contributed by atoms with Gasteiger partial charge < -0.3 is 10.2 Å². The van der Waals surface area contributed by atoms with Gasteiger partial charge in [0, 0.05) is 32.2 Å². The van der Waals surface area contributed by atoms with Gasteiger partial charge in [0.1, 0.15) is 0 Å². The van der Waals surface area contributed by atoms with Crippen LogP contribution in [0.3, 0.4) is 0 Å². The molecule has 6 nitrogen and oxygen atoms in total. The highest BCUT2D eigenvalue weighted by molar-refractivity contribution is 7.88. The molecule has 0 aromatic rings. The van der Waals surface area contributed by atoms with Crippen LogP contribution in [0.15, 0.2) is 0 Å². The number of carbonyl (C=O) groups is 1. The van der Waals surface area contributed by atoms with E-state index < -0.39 is 10.0 Å². The summed E-state index contributed by atoms with van der Waals surface area (Å²) in [5.74, 6) is 0.440. The molecule has 3 unspecified atom stereocenters. The van der Waals surface area contributed by atoms with E-state index in [2.05, 4.69) is 12.2 Å². The number of piperidine rings is 1. The lowest BCUT2D eigenvalue weighted by Crippen LogP contribution is -2.55. The lowest BCUT2D eigenvalue weighted by Gasteiger charge is -2.39. The first-order chi connectivity index (χ1) is 10.3. The summed E-state index contributed by atoms with van der Waals surface area (Å²) in [7, 11) is -3.12. The van der Waals surface area contributed by atoms with Crippen molar-refractivity contribution in [2.75, 3.05) is 32.4 Å². The fourth-order valence-electron chi connectivity index (χ4n) is 3.54. The summed E-state index contributed by atoms with van der Waals surface area (Å²) in [4.78, 5) is 14.3. The van der Waals surface area contributed by atoms with Crippen molar-refractivity contribution in [2.45, 2.75) is 51.6 Å². The molecular weight excluding hydrogens is 302 g/mol. The van der Waals surface area contributed by atoms with Crippen molar-refractivity contribution < 1.29 is 13.2 Å². The molecule has 0 spiro atoms. The normalized spacial score (nSPS) is 28.8. The monoisotopic (exact) mass is 331 g/mol. The van der Waals surface area contributed by atoms with Gasteiger partial charge in [-0.2, -0.15) is 0 Å².